The number of anilines is 1. The second kappa shape index (κ2) is 7.71. The zero-order chi connectivity index (χ0) is 23.1. The predicted molar refractivity (Wildman–Crippen MR) is 120 cm³/mol. The maximum Gasteiger partial charge on any atom is 0.330 e. The molecule has 0 bridgehead atoms. The first-order valence-electron chi connectivity index (χ1n) is 10.2. The van der Waals surface area contributed by atoms with Crippen molar-refractivity contribution in [1.82, 2.24) is 0 Å². The molecule has 166 valence electrons. The van der Waals surface area contributed by atoms with Crippen LogP contribution in [0.4, 0.5) is 11.4 Å². The average molecular weight is 436 g/mol. The Labute approximate surface area is 185 Å². The van der Waals surface area contributed by atoms with Crippen LogP contribution in [0.5, 0.6) is 11.5 Å². The van der Waals surface area contributed by atoms with E-state index in [4.69, 9.17) is 14.2 Å². The number of para-hydroxylation sites is 1. The van der Waals surface area contributed by atoms with E-state index >= 15 is 0 Å². The Hall–Kier alpha value is -3.81. The first-order valence-corrected chi connectivity index (χ1v) is 10.2. The van der Waals surface area contributed by atoms with Crippen LogP contribution in [0.3, 0.4) is 0 Å². The number of esters is 1. The number of nitro benzene ring substituents is 1. The molecular weight excluding hydrogens is 412 g/mol. The molecule has 8 nitrogen and oxygen atoms in total. The summed E-state index contributed by atoms with van der Waals surface area (Å²) in [6.07, 6.45) is 4.86. The molecule has 1 unspecified atom stereocenters. The highest BCUT2D eigenvalue weighted by atomic mass is 16.6. The number of hydrogen-bond acceptors (Lipinski definition) is 7. The van der Waals surface area contributed by atoms with Crippen LogP contribution in [0, 0.1) is 10.1 Å². The summed E-state index contributed by atoms with van der Waals surface area (Å²) in [6, 6.07) is 10.8. The van der Waals surface area contributed by atoms with E-state index in [0.717, 1.165) is 17.3 Å². The van der Waals surface area contributed by atoms with Crippen LogP contribution < -0.4 is 14.4 Å². The van der Waals surface area contributed by atoms with Crippen molar-refractivity contribution in [3.8, 4) is 11.5 Å². The normalized spacial score (nSPS) is 19.7. The summed E-state index contributed by atoms with van der Waals surface area (Å²) >= 11 is 0. The predicted octanol–water partition coefficient (Wildman–Crippen LogP) is 4.23. The van der Waals surface area contributed by atoms with Gasteiger partial charge in [0, 0.05) is 23.4 Å². The minimum absolute atomic E-state index is 0.0769. The zero-order valence-electron chi connectivity index (χ0n) is 18.2. The van der Waals surface area contributed by atoms with Crippen molar-refractivity contribution in [3.63, 3.8) is 0 Å². The van der Waals surface area contributed by atoms with Crippen LogP contribution >= 0.6 is 0 Å². The van der Waals surface area contributed by atoms with E-state index in [1.54, 1.807) is 0 Å². The van der Waals surface area contributed by atoms with Crippen molar-refractivity contribution in [2.45, 2.75) is 25.0 Å². The number of hydrogen-bond donors (Lipinski definition) is 0. The molecule has 0 amide bonds. The molecule has 32 heavy (non-hydrogen) atoms. The van der Waals surface area contributed by atoms with Crippen molar-refractivity contribution in [2.75, 3.05) is 25.2 Å². The van der Waals surface area contributed by atoms with Gasteiger partial charge in [-0.1, -0.05) is 24.8 Å². The molecule has 4 rings (SSSR count). The lowest BCUT2D eigenvalue weighted by Crippen LogP contribution is -2.60. The van der Waals surface area contributed by atoms with Gasteiger partial charge in [0.25, 0.3) is 5.69 Å². The lowest BCUT2D eigenvalue weighted by atomic mass is 9.76. The fraction of sp³-hybridized carbons (Fsp3) is 0.292. The number of methoxy groups -OCH3 is 1. The average Bonchev–Trinajstić information content (AvgIpc) is 2.96. The number of fused-ring (bicyclic) bond motifs is 2. The van der Waals surface area contributed by atoms with E-state index in [9.17, 15) is 14.9 Å². The van der Waals surface area contributed by atoms with Crippen LogP contribution in [0.2, 0.25) is 0 Å². The molecule has 1 atom stereocenters. The summed E-state index contributed by atoms with van der Waals surface area (Å²) in [6.45, 7) is 8.09. The molecule has 8 heteroatoms. The summed E-state index contributed by atoms with van der Waals surface area (Å²) in [5.74, 6) is 0.211. The number of nitrogens with zero attached hydrogens (tertiary/aromatic N) is 2. The van der Waals surface area contributed by atoms with E-state index in [1.807, 2.05) is 36.4 Å². The second-order valence-electron chi connectivity index (χ2n) is 8.12. The highest BCUT2D eigenvalue weighted by Crippen LogP contribution is 2.56. The van der Waals surface area contributed by atoms with Gasteiger partial charge < -0.3 is 19.1 Å². The summed E-state index contributed by atoms with van der Waals surface area (Å²) in [7, 11) is 1.45. The van der Waals surface area contributed by atoms with Gasteiger partial charge in [0.05, 0.1) is 30.1 Å². The number of benzene rings is 2. The molecule has 0 aromatic heterocycles. The smallest absolute Gasteiger partial charge is 0.330 e. The van der Waals surface area contributed by atoms with E-state index < -0.39 is 22.0 Å². The van der Waals surface area contributed by atoms with Crippen molar-refractivity contribution in [3.05, 3.63) is 76.4 Å². The van der Waals surface area contributed by atoms with Gasteiger partial charge in [-0.05, 0) is 37.6 Å². The third kappa shape index (κ3) is 3.10. The number of rotatable bonds is 6. The topological polar surface area (TPSA) is 91.1 Å². The van der Waals surface area contributed by atoms with Gasteiger partial charge in [-0.2, -0.15) is 0 Å². The Bertz CT molecular complexity index is 1140. The quantitative estimate of drug-likeness (QED) is 0.290. The highest BCUT2D eigenvalue weighted by Gasteiger charge is 2.59. The van der Waals surface area contributed by atoms with Crippen LogP contribution in [-0.2, 0) is 14.9 Å². The summed E-state index contributed by atoms with van der Waals surface area (Å²) in [5, 5.41) is 11.3. The number of ether oxygens (including phenoxy) is 3. The SMILES string of the molecule is C=CC(=O)OCCN1c2ccccc2C(C)(C)C12C=Cc1cc([N+](=O)[O-])cc(OC)c1O2. The first kappa shape index (κ1) is 21.4. The van der Waals surface area contributed by atoms with E-state index in [2.05, 4.69) is 25.3 Å². The summed E-state index contributed by atoms with van der Waals surface area (Å²) < 4.78 is 17.4. The van der Waals surface area contributed by atoms with Gasteiger partial charge in [0.15, 0.2) is 11.5 Å². The first-order chi connectivity index (χ1) is 15.2. The van der Waals surface area contributed by atoms with Crippen molar-refractivity contribution >= 4 is 23.4 Å². The Kier molecular flexibility index (Phi) is 5.16. The lowest BCUT2D eigenvalue weighted by Gasteiger charge is -2.47. The molecule has 0 N–H and O–H groups in total. The molecule has 0 aliphatic carbocycles. The Balaban J connectivity index is 1.81. The molecule has 0 radical (unpaired) electrons. The number of nitro groups is 1. The van der Waals surface area contributed by atoms with E-state index in [0.29, 0.717) is 17.9 Å². The second-order valence-corrected chi connectivity index (χ2v) is 8.12. The molecule has 0 saturated carbocycles. The minimum atomic E-state index is -0.965. The highest BCUT2D eigenvalue weighted by molar-refractivity contribution is 5.81. The monoisotopic (exact) mass is 436 g/mol. The van der Waals surface area contributed by atoms with E-state index in [-0.39, 0.29) is 18.0 Å². The van der Waals surface area contributed by atoms with Gasteiger partial charge in [-0.25, -0.2) is 4.79 Å². The summed E-state index contributed by atoms with van der Waals surface area (Å²) in [5.41, 5.74) is 1.05. The largest absolute Gasteiger partial charge is 0.493 e. The van der Waals surface area contributed by atoms with Crippen LogP contribution in [-0.4, -0.2) is 36.9 Å². The Morgan fingerprint density at radius 2 is 2.06 bits per heavy atom. The maximum absolute atomic E-state index is 11.6. The fourth-order valence-electron chi connectivity index (χ4n) is 4.50. The maximum atomic E-state index is 11.6. The van der Waals surface area contributed by atoms with Gasteiger partial charge >= 0.3 is 5.97 Å². The zero-order valence-corrected chi connectivity index (χ0v) is 18.2. The number of carbonyl (C=O) groups is 1. The summed E-state index contributed by atoms with van der Waals surface area (Å²) in [4.78, 5) is 24.5. The van der Waals surface area contributed by atoms with Crippen LogP contribution in [0.1, 0.15) is 25.0 Å². The van der Waals surface area contributed by atoms with Crippen LogP contribution in [0.25, 0.3) is 6.08 Å². The number of non-ortho nitro benzene ring substituents is 1. The van der Waals surface area contributed by atoms with Crippen molar-refractivity contribution in [2.24, 2.45) is 0 Å². The van der Waals surface area contributed by atoms with Crippen LogP contribution in [0.15, 0.2) is 55.1 Å². The minimum Gasteiger partial charge on any atom is -0.493 e. The van der Waals surface area contributed by atoms with Crippen molar-refractivity contribution < 1.29 is 23.9 Å². The molecule has 2 aromatic carbocycles. The molecule has 2 aliphatic rings. The van der Waals surface area contributed by atoms with Crippen molar-refractivity contribution in [1.29, 1.82) is 0 Å². The van der Waals surface area contributed by atoms with Gasteiger partial charge in [0.2, 0.25) is 5.72 Å². The lowest BCUT2D eigenvalue weighted by molar-refractivity contribution is -0.385. The van der Waals surface area contributed by atoms with Gasteiger partial charge in [0.1, 0.15) is 6.61 Å². The standard InChI is InChI=1S/C24H24N2O6/c1-5-21(27)31-13-12-25-19-9-7-6-8-18(19)23(2,3)24(25)11-10-16-14-17(26(28)29)15-20(30-4)22(16)32-24/h5-11,14-15H,1,12-13H2,2-4H3. The molecule has 2 aliphatic heterocycles. The Morgan fingerprint density at radius 1 is 1.31 bits per heavy atom. The molecular formula is C24H24N2O6. The Morgan fingerprint density at radius 3 is 2.75 bits per heavy atom. The third-order valence-electron chi connectivity index (χ3n) is 6.14. The fourth-order valence-corrected chi connectivity index (χ4v) is 4.50. The molecule has 1 spiro atoms. The van der Waals surface area contributed by atoms with Gasteiger partial charge in [-0.15, -0.1) is 0 Å². The third-order valence-corrected chi connectivity index (χ3v) is 6.14. The molecule has 0 saturated heterocycles. The van der Waals surface area contributed by atoms with E-state index in [1.165, 1.54) is 19.2 Å². The van der Waals surface area contributed by atoms with Gasteiger partial charge in [-0.3, -0.25) is 10.1 Å². The molecule has 0 fully saturated rings. The molecule has 2 heterocycles. The molecule has 2 aromatic rings. The number of carbonyl (C=O) groups excluding carboxylic acids is 1.